The van der Waals surface area contributed by atoms with E-state index in [2.05, 4.69) is 31.1 Å². The Morgan fingerprint density at radius 3 is 2.19 bits per heavy atom. The van der Waals surface area contributed by atoms with E-state index in [9.17, 15) is 4.39 Å². The summed E-state index contributed by atoms with van der Waals surface area (Å²) in [5, 5.41) is 24.3. The van der Waals surface area contributed by atoms with Crippen LogP contribution in [0.1, 0.15) is 0 Å². The largest absolute Gasteiger partial charge is 0.497 e. The van der Waals surface area contributed by atoms with Crippen LogP contribution in [0.5, 0.6) is 5.75 Å². The summed E-state index contributed by atoms with van der Waals surface area (Å²) in [6, 6.07) is 13.2. The minimum absolute atomic E-state index is 0.335. The minimum atomic E-state index is -0.335. The van der Waals surface area contributed by atoms with Crippen molar-refractivity contribution in [3.05, 3.63) is 54.3 Å². The van der Waals surface area contributed by atoms with Crippen molar-refractivity contribution in [3.63, 3.8) is 0 Å². The normalized spacial score (nSPS) is 10.8. The number of nitrogens with zero attached hydrogens (tertiary/aromatic N) is 8. The molecule has 0 fully saturated rings. The highest BCUT2D eigenvalue weighted by atomic mass is 32.2. The molecule has 130 valence electrons. The average Bonchev–Trinajstić information content (AvgIpc) is 3.32. The highest BCUT2D eigenvalue weighted by molar-refractivity contribution is 7.99. The number of halogens is 1. The van der Waals surface area contributed by atoms with Crippen LogP contribution in [-0.2, 0) is 0 Å². The predicted octanol–water partition coefficient (Wildman–Crippen LogP) is 1.94. The molecule has 0 N–H and O–H groups in total. The topological polar surface area (TPSA) is 96.4 Å². The zero-order valence-electron chi connectivity index (χ0n) is 13.4. The lowest BCUT2D eigenvalue weighted by atomic mass is 10.3. The first-order valence-corrected chi connectivity index (χ1v) is 8.21. The monoisotopic (exact) mass is 370 g/mol. The summed E-state index contributed by atoms with van der Waals surface area (Å²) in [5.41, 5.74) is 1.36. The van der Waals surface area contributed by atoms with Crippen molar-refractivity contribution in [2.24, 2.45) is 0 Å². The molecule has 2 aromatic heterocycles. The van der Waals surface area contributed by atoms with Gasteiger partial charge >= 0.3 is 0 Å². The van der Waals surface area contributed by atoms with Crippen LogP contribution in [0.3, 0.4) is 0 Å². The third kappa shape index (κ3) is 3.11. The van der Waals surface area contributed by atoms with E-state index < -0.39 is 0 Å². The molecule has 0 amide bonds. The fourth-order valence-electron chi connectivity index (χ4n) is 2.22. The molecule has 0 aliphatic rings. The van der Waals surface area contributed by atoms with Gasteiger partial charge in [-0.3, -0.25) is 0 Å². The molecule has 2 aromatic carbocycles. The smallest absolute Gasteiger partial charge is 0.221 e. The van der Waals surface area contributed by atoms with Crippen LogP contribution < -0.4 is 4.74 Å². The molecule has 4 rings (SSSR count). The number of tetrazole rings is 2. The summed E-state index contributed by atoms with van der Waals surface area (Å²) in [7, 11) is 1.59. The SMILES string of the molecule is COc1cccc(-n2nnnc2Sc2nnnn2-c2ccc(F)cc2)c1. The van der Waals surface area contributed by atoms with Gasteiger partial charge in [-0.05, 0) is 69.0 Å². The summed E-state index contributed by atoms with van der Waals surface area (Å²) in [4.78, 5) is 0. The van der Waals surface area contributed by atoms with Crippen LogP contribution in [0.15, 0.2) is 58.8 Å². The van der Waals surface area contributed by atoms with Crippen LogP contribution in [0.2, 0.25) is 0 Å². The lowest BCUT2D eigenvalue weighted by Gasteiger charge is -2.06. The van der Waals surface area contributed by atoms with Gasteiger partial charge in [-0.2, -0.15) is 9.36 Å². The van der Waals surface area contributed by atoms with Crippen molar-refractivity contribution < 1.29 is 9.13 Å². The Hall–Kier alpha value is -3.34. The Morgan fingerprint density at radius 2 is 1.54 bits per heavy atom. The Bertz CT molecular complexity index is 1030. The fourth-order valence-corrected chi connectivity index (χ4v) is 2.99. The molecule has 9 nitrogen and oxygen atoms in total. The van der Waals surface area contributed by atoms with E-state index in [1.165, 1.54) is 28.6 Å². The molecule has 0 saturated heterocycles. The highest BCUT2D eigenvalue weighted by Crippen LogP contribution is 2.27. The van der Waals surface area contributed by atoms with E-state index >= 15 is 0 Å². The van der Waals surface area contributed by atoms with Gasteiger partial charge in [-0.25, -0.2) is 4.39 Å². The van der Waals surface area contributed by atoms with Crippen molar-refractivity contribution >= 4 is 11.8 Å². The minimum Gasteiger partial charge on any atom is -0.497 e. The quantitative estimate of drug-likeness (QED) is 0.526. The molecular weight excluding hydrogens is 359 g/mol. The van der Waals surface area contributed by atoms with Gasteiger partial charge < -0.3 is 4.74 Å². The Morgan fingerprint density at radius 1 is 0.885 bits per heavy atom. The second-order valence-electron chi connectivity index (χ2n) is 5.03. The average molecular weight is 370 g/mol. The van der Waals surface area contributed by atoms with Crippen molar-refractivity contribution in [2.75, 3.05) is 7.11 Å². The molecule has 0 saturated carbocycles. The van der Waals surface area contributed by atoms with Gasteiger partial charge in [0.05, 0.1) is 18.5 Å². The van der Waals surface area contributed by atoms with E-state index in [0.29, 0.717) is 21.7 Å². The van der Waals surface area contributed by atoms with Crippen LogP contribution in [-0.4, -0.2) is 47.5 Å². The first-order chi connectivity index (χ1) is 12.7. The number of ether oxygens (including phenoxy) is 1. The maximum atomic E-state index is 13.1. The lowest BCUT2D eigenvalue weighted by Crippen LogP contribution is -2.02. The maximum Gasteiger partial charge on any atom is 0.221 e. The van der Waals surface area contributed by atoms with Gasteiger partial charge in [0.1, 0.15) is 11.6 Å². The second-order valence-corrected chi connectivity index (χ2v) is 5.96. The number of hydrogen-bond donors (Lipinski definition) is 0. The number of methoxy groups -OCH3 is 1. The summed E-state index contributed by atoms with van der Waals surface area (Å²) in [6.45, 7) is 0. The molecule has 0 aliphatic carbocycles. The van der Waals surface area contributed by atoms with Gasteiger partial charge in [0.15, 0.2) is 0 Å². The molecule has 2 heterocycles. The summed E-state index contributed by atoms with van der Waals surface area (Å²) < 4.78 is 21.4. The van der Waals surface area contributed by atoms with Crippen LogP contribution in [0.4, 0.5) is 4.39 Å². The lowest BCUT2D eigenvalue weighted by molar-refractivity contribution is 0.414. The van der Waals surface area contributed by atoms with Gasteiger partial charge in [0, 0.05) is 6.07 Å². The molecule has 11 heteroatoms. The van der Waals surface area contributed by atoms with E-state index in [-0.39, 0.29) is 5.82 Å². The highest BCUT2D eigenvalue weighted by Gasteiger charge is 2.16. The van der Waals surface area contributed by atoms with Gasteiger partial charge in [0.25, 0.3) is 0 Å². The summed E-state index contributed by atoms with van der Waals surface area (Å²) >= 11 is 1.18. The number of rotatable bonds is 5. The number of aromatic nitrogens is 8. The molecule has 0 spiro atoms. The summed E-state index contributed by atoms with van der Waals surface area (Å²) in [5.74, 6) is 0.350. The van der Waals surface area contributed by atoms with Crippen molar-refractivity contribution in [1.82, 2.24) is 40.4 Å². The second kappa shape index (κ2) is 6.88. The third-order valence-corrected chi connectivity index (χ3v) is 4.31. The molecular formula is C15H11FN8OS. The van der Waals surface area contributed by atoms with Crippen LogP contribution in [0, 0.1) is 5.82 Å². The zero-order chi connectivity index (χ0) is 17.9. The Balaban J connectivity index is 1.67. The molecule has 0 radical (unpaired) electrons. The first-order valence-electron chi connectivity index (χ1n) is 7.39. The van der Waals surface area contributed by atoms with Crippen molar-refractivity contribution in [2.45, 2.75) is 10.3 Å². The molecule has 26 heavy (non-hydrogen) atoms. The van der Waals surface area contributed by atoms with E-state index in [0.717, 1.165) is 5.69 Å². The van der Waals surface area contributed by atoms with Crippen LogP contribution >= 0.6 is 11.8 Å². The number of hydrogen-bond acceptors (Lipinski definition) is 8. The van der Waals surface area contributed by atoms with Gasteiger partial charge in [-0.1, -0.05) is 6.07 Å². The maximum absolute atomic E-state index is 13.1. The van der Waals surface area contributed by atoms with E-state index in [4.69, 9.17) is 4.74 Å². The van der Waals surface area contributed by atoms with Gasteiger partial charge in [0.2, 0.25) is 10.3 Å². The van der Waals surface area contributed by atoms with Gasteiger partial charge in [-0.15, -0.1) is 10.2 Å². The van der Waals surface area contributed by atoms with Crippen molar-refractivity contribution in [1.29, 1.82) is 0 Å². The predicted molar refractivity (Wildman–Crippen MR) is 88.9 cm³/mol. The Kier molecular flexibility index (Phi) is 4.27. The molecule has 4 aromatic rings. The van der Waals surface area contributed by atoms with Crippen molar-refractivity contribution in [3.8, 4) is 17.1 Å². The molecule has 0 aliphatic heterocycles. The molecule has 0 atom stereocenters. The zero-order valence-corrected chi connectivity index (χ0v) is 14.2. The molecule has 0 unspecified atom stereocenters. The molecule has 0 bridgehead atoms. The first kappa shape index (κ1) is 16.1. The number of benzene rings is 2. The summed E-state index contributed by atoms with van der Waals surface area (Å²) in [6.07, 6.45) is 0. The Labute approximate surface area is 150 Å². The van der Waals surface area contributed by atoms with E-state index in [1.807, 2.05) is 24.3 Å². The standard InChI is InChI=1S/C15H11FN8OS/c1-25-13-4-2-3-12(9-13)24-15(18-20-22-24)26-14-17-19-21-23(14)11-7-5-10(16)6-8-11/h2-9H,1H3. The van der Waals surface area contributed by atoms with E-state index in [1.54, 1.807) is 23.9 Å². The van der Waals surface area contributed by atoms with Crippen LogP contribution in [0.25, 0.3) is 11.4 Å². The fraction of sp³-hybridized carbons (Fsp3) is 0.0667. The third-order valence-electron chi connectivity index (χ3n) is 3.43.